The molecule has 0 aliphatic carbocycles. The summed E-state index contributed by atoms with van der Waals surface area (Å²) in [5.41, 5.74) is 3.34. The molecule has 0 radical (unpaired) electrons. The van der Waals surface area contributed by atoms with Crippen LogP contribution in [0.2, 0.25) is 0 Å². The van der Waals surface area contributed by atoms with Crippen LogP contribution in [0.3, 0.4) is 0 Å². The molecular formula is C33H35N3O5. The molecule has 1 spiro atoms. The Kier molecular flexibility index (Phi) is 7.36. The SMILES string of the molecule is C[C@@H]1C[C@H](CC(=O)N(CCO)Cc2ccccc2)O[C@@]12C(=O)N(Cc1ccc(N3CCC3=O)cc1)c1ccccc12. The van der Waals surface area contributed by atoms with E-state index in [9.17, 15) is 19.5 Å². The minimum absolute atomic E-state index is 0.103. The van der Waals surface area contributed by atoms with Crippen LogP contribution in [-0.2, 0) is 37.8 Å². The number of amides is 3. The smallest absolute Gasteiger partial charge is 0.264 e. The van der Waals surface area contributed by atoms with E-state index in [2.05, 4.69) is 0 Å². The Hall–Kier alpha value is -4.01. The van der Waals surface area contributed by atoms with E-state index >= 15 is 0 Å². The fourth-order valence-corrected chi connectivity index (χ4v) is 6.40. The fourth-order valence-electron chi connectivity index (χ4n) is 6.40. The summed E-state index contributed by atoms with van der Waals surface area (Å²) in [6, 6.07) is 25.3. The number of para-hydroxylation sites is 1. The zero-order valence-electron chi connectivity index (χ0n) is 23.2. The van der Waals surface area contributed by atoms with Crippen LogP contribution in [0.1, 0.15) is 42.9 Å². The Morgan fingerprint density at radius 3 is 2.41 bits per heavy atom. The van der Waals surface area contributed by atoms with E-state index < -0.39 is 11.7 Å². The minimum Gasteiger partial charge on any atom is -0.395 e. The highest BCUT2D eigenvalue weighted by molar-refractivity contribution is 6.07. The number of fused-ring (bicyclic) bond motifs is 2. The lowest BCUT2D eigenvalue weighted by atomic mass is 9.83. The van der Waals surface area contributed by atoms with Gasteiger partial charge in [-0.05, 0) is 35.7 Å². The summed E-state index contributed by atoms with van der Waals surface area (Å²) in [6.45, 7) is 3.67. The van der Waals surface area contributed by atoms with Crippen molar-refractivity contribution in [2.45, 2.75) is 51.0 Å². The predicted molar refractivity (Wildman–Crippen MR) is 155 cm³/mol. The second kappa shape index (κ2) is 11.1. The number of anilines is 2. The Morgan fingerprint density at radius 2 is 1.73 bits per heavy atom. The number of hydrogen-bond donors (Lipinski definition) is 1. The molecule has 6 rings (SSSR count). The van der Waals surface area contributed by atoms with Crippen LogP contribution in [0.4, 0.5) is 11.4 Å². The van der Waals surface area contributed by atoms with Gasteiger partial charge in [-0.15, -0.1) is 0 Å². The normalized spacial score (nSPS) is 23.2. The quantitative estimate of drug-likeness (QED) is 0.405. The zero-order chi connectivity index (χ0) is 28.6. The van der Waals surface area contributed by atoms with Gasteiger partial charge in [-0.25, -0.2) is 0 Å². The van der Waals surface area contributed by atoms with E-state index in [0.717, 1.165) is 34.6 Å². The first-order valence-corrected chi connectivity index (χ1v) is 14.3. The first-order chi connectivity index (χ1) is 19.9. The number of carbonyl (C=O) groups is 3. The molecule has 2 saturated heterocycles. The summed E-state index contributed by atoms with van der Waals surface area (Å²) >= 11 is 0. The van der Waals surface area contributed by atoms with E-state index in [-0.39, 0.29) is 43.2 Å². The maximum absolute atomic E-state index is 14.2. The maximum atomic E-state index is 14.2. The van der Waals surface area contributed by atoms with Crippen LogP contribution in [0, 0.1) is 5.92 Å². The number of aliphatic hydroxyl groups excluding tert-OH is 1. The topological polar surface area (TPSA) is 90.4 Å². The molecule has 3 aromatic rings. The molecule has 3 amide bonds. The summed E-state index contributed by atoms with van der Waals surface area (Å²) < 4.78 is 6.62. The monoisotopic (exact) mass is 553 g/mol. The molecule has 212 valence electrons. The molecule has 8 nitrogen and oxygen atoms in total. The van der Waals surface area contributed by atoms with Gasteiger partial charge in [0.1, 0.15) is 0 Å². The van der Waals surface area contributed by atoms with Crippen LogP contribution in [0.15, 0.2) is 78.9 Å². The molecule has 1 N–H and O–H groups in total. The summed E-state index contributed by atoms with van der Waals surface area (Å²) in [4.78, 5) is 44.6. The summed E-state index contributed by atoms with van der Waals surface area (Å²) in [5, 5.41) is 9.60. The Morgan fingerprint density at radius 1 is 1.00 bits per heavy atom. The third-order valence-electron chi connectivity index (χ3n) is 8.60. The standard InChI is InChI=1S/C33H35N3O5/c1-23-19-27(20-31(39)34(17-18-37)21-24-7-3-2-4-8-24)41-33(23)28-9-5-6-10-29(28)36(32(33)40)22-25-11-13-26(14-12-25)35-16-15-30(35)38/h2-14,23,27,37H,15-22H2,1H3/t23-,27-,33+/m1/s1. The number of benzene rings is 3. The second-order valence-electron chi connectivity index (χ2n) is 11.2. The largest absolute Gasteiger partial charge is 0.395 e. The number of ether oxygens (including phenoxy) is 1. The van der Waals surface area contributed by atoms with E-state index in [1.165, 1.54) is 0 Å². The van der Waals surface area contributed by atoms with Gasteiger partial charge in [-0.3, -0.25) is 14.4 Å². The van der Waals surface area contributed by atoms with Crippen molar-refractivity contribution in [2.24, 2.45) is 5.92 Å². The van der Waals surface area contributed by atoms with E-state index in [1.807, 2.05) is 85.8 Å². The van der Waals surface area contributed by atoms with Crippen molar-refractivity contribution in [3.8, 4) is 0 Å². The van der Waals surface area contributed by atoms with Gasteiger partial charge in [0, 0.05) is 43.2 Å². The van der Waals surface area contributed by atoms with Gasteiger partial charge < -0.3 is 24.5 Å². The number of hydrogen-bond acceptors (Lipinski definition) is 5. The average Bonchev–Trinajstić information content (AvgIpc) is 3.42. The van der Waals surface area contributed by atoms with Gasteiger partial charge in [0.25, 0.3) is 5.91 Å². The van der Waals surface area contributed by atoms with Crippen molar-refractivity contribution < 1.29 is 24.2 Å². The number of aliphatic hydroxyl groups is 1. The number of carbonyl (C=O) groups excluding carboxylic acids is 3. The molecule has 3 atom stereocenters. The molecular weight excluding hydrogens is 518 g/mol. The van der Waals surface area contributed by atoms with Crippen molar-refractivity contribution >= 4 is 29.1 Å². The number of nitrogens with zero attached hydrogens (tertiary/aromatic N) is 3. The molecule has 0 saturated carbocycles. The van der Waals surface area contributed by atoms with Crippen molar-refractivity contribution in [2.75, 3.05) is 29.5 Å². The molecule has 3 aliphatic heterocycles. The molecule has 0 bridgehead atoms. The first kappa shape index (κ1) is 27.2. The molecule has 3 heterocycles. The van der Waals surface area contributed by atoms with Gasteiger partial charge in [-0.2, -0.15) is 0 Å². The maximum Gasteiger partial charge on any atom is 0.264 e. The fraction of sp³-hybridized carbons (Fsp3) is 0.364. The molecule has 0 unspecified atom stereocenters. The first-order valence-electron chi connectivity index (χ1n) is 14.3. The Labute approximate surface area is 240 Å². The lowest BCUT2D eigenvalue weighted by molar-refractivity contribution is -0.150. The van der Waals surface area contributed by atoms with E-state index in [4.69, 9.17) is 4.74 Å². The van der Waals surface area contributed by atoms with Crippen molar-refractivity contribution in [1.29, 1.82) is 0 Å². The summed E-state index contributed by atoms with van der Waals surface area (Å²) in [5.74, 6) is -0.212. The summed E-state index contributed by atoms with van der Waals surface area (Å²) in [7, 11) is 0. The van der Waals surface area contributed by atoms with Gasteiger partial charge >= 0.3 is 0 Å². The van der Waals surface area contributed by atoms with Gasteiger partial charge in [0.2, 0.25) is 11.8 Å². The molecule has 8 heteroatoms. The highest BCUT2D eigenvalue weighted by atomic mass is 16.5. The molecule has 41 heavy (non-hydrogen) atoms. The molecule has 2 fully saturated rings. The van der Waals surface area contributed by atoms with Crippen LogP contribution in [0.25, 0.3) is 0 Å². The molecule has 0 aromatic heterocycles. The Bertz CT molecular complexity index is 1440. The summed E-state index contributed by atoms with van der Waals surface area (Å²) in [6.07, 6.45) is 0.890. The van der Waals surface area contributed by atoms with Crippen molar-refractivity contribution in [3.63, 3.8) is 0 Å². The predicted octanol–water partition coefficient (Wildman–Crippen LogP) is 4.00. The van der Waals surface area contributed by atoms with Crippen molar-refractivity contribution in [3.05, 3.63) is 95.6 Å². The molecule has 3 aliphatic rings. The third-order valence-corrected chi connectivity index (χ3v) is 8.60. The van der Waals surface area contributed by atoms with Crippen LogP contribution in [-0.4, -0.2) is 53.5 Å². The van der Waals surface area contributed by atoms with Gasteiger partial charge in [-0.1, -0.05) is 67.6 Å². The van der Waals surface area contributed by atoms with Gasteiger partial charge in [0.15, 0.2) is 5.60 Å². The van der Waals surface area contributed by atoms with Crippen LogP contribution < -0.4 is 9.80 Å². The van der Waals surface area contributed by atoms with Crippen LogP contribution >= 0.6 is 0 Å². The van der Waals surface area contributed by atoms with Gasteiger partial charge in [0.05, 0.1) is 31.4 Å². The highest BCUT2D eigenvalue weighted by Gasteiger charge is 2.60. The number of rotatable bonds is 9. The third kappa shape index (κ3) is 4.91. The second-order valence-corrected chi connectivity index (χ2v) is 11.2. The van der Waals surface area contributed by atoms with Crippen LogP contribution in [0.5, 0.6) is 0 Å². The average molecular weight is 554 g/mol. The lowest BCUT2D eigenvalue weighted by Gasteiger charge is -2.31. The van der Waals surface area contributed by atoms with E-state index in [1.54, 1.807) is 14.7 Å². The zero-order valence-corrected chi connectivity index (χ0v) is 23.2. The van der Waals surface area contributed by atoms with Crippen molar-refractivity contribution in [1.82, 2.24) is 4.90 Å². The van der Waals surface area contributed by atoms with E-state index in [0.29, 0.717) is 25.9 Å². The lowest BCUT2D eigenvalue weighted by Crippen LogP contribution is -2.44. The minimum atomic E-state index is -1.15. The molecule has 3 aromatic carbocycles. The Balaban J connectivity index is 1.19. The highest BCUT2D eigenvalue weighted by Crippen LogP contribution is 2.53. The number of β-lactam (4-membered cyclic amide) rings is 1.